The minimum atomic E-state index is -0.486. The second-order valence-electron chi connectivity index (χ2n) is 6.74. The lowest BCUT2D eigenvalue weighted by molar-refractivity contribution is 0.0683. The quantitative estimate of drug-likeness (QED) is 0.821. The van der Waals surface area contributed by atoms with Gasteiger partial charge in [-0.2, -0.15) is 0 Å². The van der Waals surface area contributed by atoms with Gasteiger partial charge in [0.1, 0.15) is 0 Å². The number of amides is 2. The Morgan fingerprint density at radius 3 is 2.23 bits per heavy atom. The standard InChI is InChI=1S/C21H24N2O3/c1-15(24)16-7-9-19(10-8-16)22-21(26)23-13-11-18(12-14-23)20(25)17-5-3-2-4-6-17/h2-10,18,20,25H,11-14H2,1H3,(H,22,26)/t20-/m0/s1. The number of benzene rings is 2. The van der Waals surface area contributed by atoms with Crippen LogP contribution in [0.15, 0.2) is 54.6 Å². The molecule has 1 atom stereocenters. The molecule has 5 heteroatoms. The molecular weight excluding hydrogens is 328 g/mol. The normalized spacial score (nSPS) is 16.2. The van der Waals surface area contributed by atoms with Crippen molar-refractivity contribution in [3.05, 3.63) is 65.7 Å². The molecule has 2 N–H and O–H groups in total. The highest BCUT2D eigenvalue weighted by Crippen LogP contribution is 2.30. The van der Waals surface area contributed by atoms with E-state index < -0.39 is 6.10 Å². The summed E-state index contributed by atoms with van der Waals surface area (Å²) in [6.45, 7) is 2.75. The van der Waals surface area contributed by atoms with E-state index in [2.05, 4.69) is 5.32 Å². The van der Waals surface area contributed by atoms with Crippen LogP contribution in [0.3, 0.4) is 0 Å². The summed E-state index contributed by atoms with van der Waals surface area (Å²) in [6, 6.07) is 16.4. The van der Waals surface area contributed by atoms with Crippen LogP contribution in [0.2, 0.25) is 0 Å². The van der Waals surface area contributed by atoms with E-state index in [9.17, 15) is 14.7 Å². The van der Waals surface area contributed by atoms with Crippen molar-refractivity contribution < 1.29 is 14.7 Å². The van der Waals surface area contributed by atoms with E-state index in [0.717, 1.165) is 18.4 Å². The van der Waals surface area contributed by atoms with Gasteiger partial charge in [-0.05, 0) is 55.5 Å². The van der Waals surface area contributed by atoms with Gasteiger partial charge in [0.15, 0.2) is 5.78 Å². The number of hydrogen-bond acceptors (Lipinski definition) is 3. The van der Waals surface area contributed by atoms with Crippen molar-refractivity contribution in [2.45, 2.75) is 25.9 Å². The number of carbonyl (C=O) groups is 2. The third-order valence-electron chi connectivity index (χ3n) is 4.96. The fourth-order valence-corrected chi connectivity index (χ4v) is 3.33. The third kappa shape index (κ3) is 4.29. The van der Waals surface area contributed by atoms with Gasteiger partial charge in [0.2, 0.25) is 0 Å². The zero-order valence-corrected chi connectivity index (χ0v) is 14.9. The first-order valence-electron chi connectivity index (χ1n) is 8.94. The Balaban J connectivity index is 1.52. The number of aliphatic hydroxyl groups excluding tert-OH is 1. The summed E-state index contributed by atoms with van der Waals surface area (Å²) < 4.78 is 0. The molecule has 2 aromatic carbocycles. The van der Waals surface area contributed by atoms with Crippen LogP contribution in [0, 0.1) is 5.92 Å². The average molecular weight is 352 g/mol. The van der Waals surface area contributed by atoms with Crippen LogP contribution < -0.4 is 5.32 Å². The first kappa shape index (κ1) is 18.1. The maximum absolute atomic E-state index is 12.4. The van der Waals surface area contributed by atoms with Gasteiger partial charge in [0.25, 0.3) is 0 Å². The molecule has 0 radical (unpaired) electrons. The van der Waals surface area contributed by atoms with Crippen LogP contribution in [-0.4, -0.2) is 34.9 Å². The van der Waals surface area contributed by atoms with Crippen molar-refractivity contribution in [2.75, 3.05) is 18.4 Å². The first-order valence-corrected chi connectivity index (χ1v) is 8.94. The predicted octanol–water partition coefficient (Wildman–Crippen LogP) is 3.87. The first-order chi connectivity index (χ1) is 12.5. The number of piperidine rings is 1. The molecule has 1 aliphatic rings. The lowest BCUT2D eigenvalue weighted by Gasteiger charge is -2.34. The predicted molar refractivity (Wildman–Crippen MR) is 101 cm³/mol. The van der Waals surface area contributed by atoms with E-state index in [0.29, 0.717) is 24.3 Å². The van der Waals surface area contributed by atoms with Gasteiger partial charge in [-0.25, -0.2) is 4.79 Å². The van der Waals surface area contributed by atoms with Crippen LogP contribution in [-0.2, 0) is 0 Å². The molecular formula is C21H24N2O3. The summed E-state index contributed by atoms with van der Waals surface area (Å²) >= 11 is 0. The molecule has 0 bridgehead atoms. The molecule has 0 aliphatic carbocycles. The number of likely N-dealkylation sites (tertiary alicyclic amines) is 1. The van der Waals surface area contributed by atoms with E-state index in [1.807, 2.05) is 30.3 Å². The molecule has 0 unspecified atom stereocenters. The second-order valence-corrected chi connectivity index (χ2v) is 6.74. The third-order valence-corrected chi connectivity index (χ3v) is 4.96. The Hall–Kier alpha value is -2.66. The highest BCUT2D eigenvalue weighted by Gasteiger charge is 2.28. The highest BCUT2D eigenvalue weighted by atomic mass is 16.3. The Kier molecular flexibility index (Phi) is 5.68. The molecule has 0 saturated carbocycles. The van der Waals surface area contributed by atoms with Crippen LogP contribution in [0.4, 0.5) is 10.5 Å². The lowest BCUT2D eigenvalue weighted by atomic mass is 9.87. The second kappa shape index (κ2) is 8.15. The molecule has 0 aromatic heterocycles. The van der Waals surface area contributed by atoms with Crippen molar-refractivity contribution in [2.24, 2.45) is 5.92 Å². The van der Waals surface area contributed by atoms with Gasteiger partial charge in [-0.3, -0.25) is 4.79 Å². The van der Waals surface area contributed by atoms with Gasteiger partial charge in [-0.15, -0.1) is 0 Å². The number of carbonyl (C=O) groups excluding carboxylic acids is 2. The van der Waals surface area contributed by atoms with Gasteiger partial charge in [-0.1, -0.05) is 30.3 Å². The number of aliphatic hydroxyl groups is 1. The largest absolute Gasteiger partial charge is 0.388 e. The maximum Gasteiger partial charge on any atom is 0.321 e. The fourth-order valence-electron chi connectivity index (χ4n) is 3.33. The number of Topliss-reactive ketones (excluding diaryl/α,β-unsaturated/α-hetero) is 1. The van der Waals surface area contributed by atoms with Gasteiger partial charge < -0.3 is 15.3 Å². The Morgan fingerprint density at radius 2 is 1.65 bits per heavy atom. The van der Waals surface area contributed by atoms with E-state index in [1.165, 1.54) is 6.92 Å². The Bertz CT molecular complexity index is 751. The van der Waals surface area contributed by atoms with Crippen molar-refractivity contribution in [1.82, 2.24) is 4.90 Å². The zero-order valence-electron chi connectivity index (χ0n) is 14.9. The van der Waals surface area contributed by atoms with Crippen LogP contribution in [0.1, 0.15) is 41.8 Å². The SMILES string of the molecule is CC(=O)c1ccc(NC(=O)N2CCC([C@@H](O)c3ccccc3)CC2)cc1. The highest BCUT2D eigenvalue weighted by molar-refractivity contribution is 5.95. The van der Waals surface area contributed by atoms with Crippen molar-refractivity contribution in [3.63, 3.8) is 0 Å². The molecule has 2 aromatic rings. The van der Waals surface area contributed by atoms with E-state index in [4.69, 9.17) is 0 Å². The minimum absolute atomic E-state index is 0.00178. The number of rotatable bonds is 4. The minimum Gasteiger partial charge on any atom is -0.388 e. The van der Waals surface area contributed by atoms with E-state index in [1.54, 1.807) is 29.2 Å². The Morgan fingerprint density at radius 1 is 1.04 bits per heavy atom. The summed E-state index contributed by atoms with van der Waals surface area (Å²) in [5, 5.41) is 13.4. The topological polar surface area (TPSA) is 69.6 Å². The van der Waals surface area contributed by atoms with E-state index in [-0.39, 0.29) is 17.7 Å². The maximum atomic E-state index is 12.4. The molecule has 1 fully saturated rings. The zero-order chi connectivity index (χ0) is 18.5. The number of hydrogen-bond donors (Lipinski definition) is 2. The monoisotopic (exact) mass is 352 g/mol. The summed E-state index contributed by atoms with van der Waals surface area (Å²) in [6.07, 6.45) is 1.06. The van der Waals surface area contributed by atoms with E-state index >= 15 is 0 Å². The molecule has 5 nitrogen and oxygen atoms in total. The van der Waals surface area contributed by atoms with Crippen molar-refractivity contribution >= 4 is 17.5 Å². The number of urea groups is 1. The fraction of sp³-hybridized carbons (Fsp3) is 0.333. The molecule has 0 spiro atoms. The molecule has 2 amide bonds. The number of nitrogens with one attached hydrogen (secondary N) is 1. The lowest BCUT2D eigenvalue weighted by Crippen LogP contribution is -2.42. The number of nitrogens with zero attached hydrogens (tertiary/aromatic N) is 1. The summed E-state index contributed by atoms with van der Waals surface area (Å²) in [5.41, 5.74) is 2.23. The Labute approximate surface area is 153 Å². The smallest absolute Gasteiger partial charge is 0.321 e. The molecule has 1 saturated heterocycles. The summed E-state index contributed by atoms with van der Waals surface area (Å²) in [7, 11) is 0. The average Bonchev–Trinajstić information content (AvgIpc) is 2.68. The molecule has 1 heterocycles. The number of anilines is 1. The molecule has 3 rings (SSSR count). The molecule has 26 heavy (non-hydrogen) atoms. The molecule has 136 valence electrons. The van der Waals surface area contributed by atoms with Gasteiger partial charge in [0.05, 0.1) is 6.10 Å². The van der Waals surface area contributed by atoms with Crippen LogP contribution in [0.5, 0.6) is 0 Å². The summed E-state index contributed by atoms with van der Waals surface area (Å²) in [4.78, 5) is 25.5. The van der Waals surface area contributed by atoms with Crippen LogP contribution >= 0.6 is 0 Å². The van der Waals surface area contributed by atoms with Crippen molar-refractivity contribution in [3.8, 4) is 0 Å². The molecule has 1 aliphatic heterocycles. The van der Waals surface area contributed by atoms with Gasteiger partial charge >= 0.3 is 6.03 Å². The summed E-state index contributed by atoms with van der Waals surface area (Å²) in [5.74, 6) is 0.165. The van der Waals surface area contributed by atoms with Gasteiger partial charge in [0, 0.05) is 24.3 Å². The number of ketones is 1. The van der Waals surface area contributed by atoms with Crippen LogP contribution in [0.25, 0.3) is 0 Å². The van der Waals surface area contributed by atoms with Crippen molar-refractivity contribution in [1.29, 1.82) is 0 Å².